The molecule has 1 saturated heterocycles. The quantitative estimate of drug-likeness (QED) is 0.640. The van der Waals surface area contributed by atoms with E-state index in [1.54, 1.807) is 0 Å². The van der Waals surface area contributed by atoms with Gasteiger partial charge in [-0.1, -0.05) is 6.58 Å². The second-order valence-electron chi connectivity index (χ2n) is 3.27. The molecule has 5 heteroatoms. The zero-order valence-corrected chi connectivity index (χ0v) is 8.76. The van der Waals surface area contributed by atoms with Crippen molar-refractivity contribution >= 4 is 10.0 Å². The van der Waals surface area contributed by atoms with Crippen LogP contribution in [0, 0.1) is 0 Å². The predicted octanol–water partition coefficient (Wildman–Crippen LogP) is 0.0972. The van der Waals surface area contributed by atoms with Crippen molar-refractivity contribution in [3.05, 3.63) is 12.0 Å². The van der Waals surface area contributed by atoms with Crippen LogP contribution < -0.4 is 0 Å². The average molecular weight is 204 g/mol. The highest BCUT2D eigenvalue weighted by atomic mass is 32.2. The average Bonchev–Trinajstić information content (AvgIpc) is 2.30. The number of likely N-dealkylation sites (N-methyl/N-ethyl adjacent to an activating group) is 1. The van der Waals surface area contributed by atoms with Gasteiger partial charge in [-0.05, 0) is 20.0 Å². The third kappa shape index (κ3) is 2.79. The summed E-state index contributed by atoms with van der Waals surface area (Å²) in [5.41, 5.74) is 0. The van der Waals surface area contributed by atoms with E-state index in [2.05, 4.69) is 11.5 Å². The normalized spacial score (nSPS) is 22.5. The van der Waals surface area contributed by atoms with E-state index in [0.29, 0.717) is 13.1 Å². The Kier molecular flexibility index (Phi) is 3.47. The molecule has 0 spiro atoms. The van der Waals surface area contributed by atoms with E-state index in [9.17, 15) is 8.42 Å². The van der Waals surface area contributed by atoms with Crippen LogP contribution in [0.5, 0.6) is 0 Å². The summed E-state index contributed by atoms with van der Waals surface area (Å²) < 4.78 is 24.3. The lowest BCUT2D eigenvalue weighted by molar-refractivity contribution is 0.348. The minimum Gasteiger partial charge on any atom is -0.305 e. The minimum absolute atomic E-state index is 0.574. The van der Waals surface area contributed by atoms with Crippen molar-refractivity contribution in [3.8, 4) is 0 Å². The molecule has 1 aliphatic rings. The maximum Gasteiger partial charge on any atom is 0.235 e. The monoisotopic (exact) mass is 204 g/mol. The third-order valence-electron chi connectivity index (χ3n) is 2.25. The molecule has 1 rings (SSSR count). The molecule has 0 aromatic rings. The standard InChI is InChI=1S/C8H16N2O2S/c1-3-13(11,12)10-6-4-5-9(2)7-8-10/h3H,1,4-8H2,2H3. The van der Waals surface area contributed by atoms with E-state index >= 15 is 0 Å². The van der Waals surface area contributed by atoms with E-state index in [0.717, 1.165) is 24.9 Å². The second-order valence-corrected chi connectivity index (χ2v) is 5.15. The van der Waals surface area contributed by atoms with Gasteiger partial charge in [0.1, 0.15) is 0 Å². The molecule has 0 atom stereocenters. The van der Waals surface area contributed by atoms with Crippen molar-refractivity contribution in [1.82, 2.24) is 9.21 Å². The Labute approximate surface area is 79.9 Å². The van der Waals surface area contributed by atoms with Gasteiger partial charge in [-0.15, -0.1) is 0 Å². The van der Waals surface area contributed by atoms with Crippen LogP contribution in [0.15, 0.2) is 12.0 Å². The summed E-state index contributed by atoms with van der Waals surface area (Å²) >= 11 is 0. The van der Waals surface area contributed by atoms with Crippen LogP contribution in [0.25, 0.3) is 0 Å². The summed E-state index contributed by atoms with van der Waals surface area (Å²) in [5.74, 6) is 0. The fourth-order valence-corrected chi connectivity index (χ4v) is 2.31. The first kappa shape index (κ1) is 10.7. The smallest absolute Gasteiger partial charge is 0.235 e. The first-order chi connectivity index (χ1) is 6.06. The maximum atomic E-state index is 11.4. The Morgan fingerprint density at radius 2 is 1.92 bits per heavy atom. The highest BCUT2D eigenvalue weighted by Crippen LogP contribution is 2.07. The zero-order valence-electron chi connectivity index (χ0n) is 7.94. The summed E-state index contributed by atoms with van der Waals surface area (Å²) in [4.78, 5) is 2.14. The topological polar surface area (TPSA) is 40.6 Å². The molecule has 0 bridgehead atoms. The van der Waals surface area contributed by atoms with Crippen molar-refractivity contribution in [1.29, 1.82) is 0 Å². The highest BCUT2D eigenvalue weighted by Gasteiger charge is 2.20. The van der Waals surface area contributed by atoms with E-state index in [-0.39, 0.29) is 0 Å². The largest absolute Gasteiger partial charge is 0.305 e. The van der Waals surface area contributed by atoms with Gasteiger partial charge < -0.3 is 4.90 Å². The molecule has 0 amide bonds. The Morgan fingerprint density at radius 3 is 2.54 bits per heavy atom. The Morgan fingerprint density at radius 1 is 1.23 bits per heavy atom. The van der Waals surface area contributed by atoms with Crippen molar-refractivity contribution in [2.75, 3.05) is 33.2 Å². The molecule has 0 aromatic carbocycles. The summed E-state index contributed by atoms with van der Waals surface area (Å²) in [5, 5.41) is 1.03. The molecule has 0 unspecified atom stereocenters. The number of rotatable bonds is 2. The summed E-state index contributed by atoms with van der Waals surface area (Å²) in [6.07, 6.45) is 0.892. The van der Waals surface area contributed by atoms with Gasteiger partial charge in [0.2, 0.25) is 10.0 Å². The molecule has 0 radical (unpaired) electrons. The zero-order chi connectivity index (χ0) is 9.90. The van der Waals surface area contributed by atoms with E-state index in [1.165, 1.54) is 4.31 Å². The fourth-order valence-electron chi connectivity index (χ4n) is 1.38. The van der Waals surface area contributed by atoms with E-state index in [4.69, 9.17) is 0 Å². The molecule has 1 heterocycles. The molecular formula is C8H16N2O2S. The molecule has 0 aromatic heterocycles. The van der Waals surface area contributed by atoms with Gasteiger partial charge in [0, 0.05) is 25.0 Å². The molecule has 0 aliphatic carbocycles. The fraction of sp³-hybridized carbons (Fsp3) is 0.750. The summed E-state index contributed by atoms with van der Waals surface area (Å²) in [6.45, 7) is 6.26. The highest BCUT2D eigenvalue weighted by molar-refractivity contribution is 7.92. The lowest BCUT2D eigenvalue weighted by atomic mass is 10.4. The molecule has 0 N–H and O–H groups in total. The first-order valence-corrected chi connectivity index (χ1v) is 5.88. The molecular weight excluding hydrogens is 188 g/mol. The van der Waals surface area contributed by atoms with Crippen molar-refractivity contribution in [2.24, 2.45) is 0 Å². The molecule has 4 nitrogen and oxygen atoms in total. The molecule has 1 fully saturated rings. The minimum atomic E-state index is -3.20. The van der Waals surface area contributed by atoms with Gasteiger partial charge in [0.15, 0.2) is 0 Å². The Hall–Kier alpha value is -0.390. The predicted molar refractivity (Wildman–Crippen MR) is 52.8 cm³/mol. The number of hydrogen-bond donors (Lipinski definition) is 0. The molecule has 76 valence electrons. The summed E-state index contributed by atoms with van der Waals surface area (Å²) in [6, 6.07) is 0. The van der Waals surface area contributed by atoms with Crippen LogP contribution in [-0.2, 0) is 10.0 Å². The maximum absolute atomic E-state index is 11.4. The number of nitrogens with zero attached hydrogens (tertiary/aromatic N) is 2. The molecule has 0 saturated carbocycles. The van der Waals surface area contributed by atoms with Gasteiger partial charge >= 0.3 is 0 Å². The molecule has 1 aliphatic heterocycles. The van der Waals surface area contributed by atoms with Gasteiger partial charge in [-0.25, -0.2) is 8.42 Å². The van der Waals surface area contributed by atoms with Gasteiger partial charge in [0.05, 0.1) is 0 Å². The van der Waals surface area contributed by atoms with Gasteiger partial charge in [-0.3, -0.25) is 0 Å². The first-order valence-electron chi connectivity index (χ1n) is 4.37. The van der Waals surface area contributed by atoms with Crippen molar-refractivity contribution in [3.63, 3.8) is 0 Å². The van der Waals surface area contributed by atoms with Gasteiger partial charge in [0.25, 0.3) is 0 Å². The third-order valence-corrected chi connectivity index (χ3v) is 3.76. The van der Waals surface area contributed by atoms with Crippen LogP contribution in [0.1, 0.15) is 6.42 Å². The summed E-state index contributed by atoms with van der Waals surface area (Å²) in [7, 11) is -1.19. The number of sulfonamides is 1. The van der Waals surface area contributed by atoms with Gasteiger partial charge in [-0.2, -0.15) is 4.31 Å². The van der Waals surface area contributed by atoms with Crippen molar-refractivity contribution < 1.29 is 8.42 Å². The number of hydrogen-bond acceptors (Lipinski definition) is 3. The van der Waals surface area contributed by atoms with Crippen LogP contribution >= 0.6 is 0 Å². The van der Waals surface area contributed by atoms with Crippen LogP contribution in [0.2, 0.25) is 0 Å². The molecule has 13 heavy (non-hydrogen) atoms. The second kappa shape index (κ2) is 4.21. The Balaban J connectivity index is 2.67. The van der Waals surface area contributed by atoms with Crippen LogP contribution in [0.4, 0.5) is 0 Å². The van der Waals surface area contributed by atoms with E-state index < -0.39 is 10.0 Å². The van der Waals surface area contributed by atoms with Crippen LogP contribution in [0.3, 0.4) is 0 Å². The van der Waals surface area contributed by atoms with Crippen molar-refractivity contribution in [2.45, 2.75) is 6.42 Å². The lowest BCUT2D eigenvalue weighted by Crippen LogP contribution is -2.32. The van der Waals surface area contributed by atoms with E-state index in [1.807, 2.05) is 7.05 Å². The van der Waals surface area contributed by atoms with Crippen LogP contribution in [-0.4, -0.2) is 50.8 Å². The Bertz CT molecular complexity index is 274. The SMILES string of the molecule is C=CS(=O)(=O)N1CCCN(C)CC1. The lowest BCUT2D eigenvalue weighted by Gasteiger charge is -2.17.